The van der Waals surface area contributed by atoms with Crippen molar-refractivity contribution in [3.05, 3.63) is 12.7 Å². The number of ether oxygens (including phenoxy) is 1. The molecule has 0 radical (unpaired) electrons. The molecule has 0 saturated carbocycles. The average Bonchev–Trinajstić information content (AvgIpc) is 2.34. The SMILES string of the molecule is C=CCN(CC(=O)OCC)CC(CC)CCCC. The second kappa shape index (κ2) is 11.3. The third kappa shape index (κ3) is 8.29. The molecule has 0 bridgehead atoms. The normalized spacial score (nSPS) is 12.4. The summed E-state index contributed by atoms with van der Waals surface area (Å²) in [6, 6.07) is 0. The number of hydrogen-bond acceptors (Lipinski definition) is 3. The molecular weight excluding hydrogens is 226 g/mol. The first-order chi connectivity index (χ1) is 8.67. The zero-order chi connectivity index (χ0) is 13.8. The van der Waals surface area contributed by atoms with Gasteiger partial charge in [-0.05, 0) is 19.3 Å². The van der Waals surface area contributed by atoms with Gasteiger partial charge in [-0.15, -0.1) is 6.58 Å². The maximum atomic E-state index is 11.5. The maximum absolute atomic E-state index is 11.5. The molecule has 0 fully saturated rings. The van der Waals surface area contributed by atoms with E-state index in [1.807, 2.05) is 13.0 Å². The number of carbonyl (C=O) groups is 1. The van der Waals surface area contributed by atoms with Crippen LogP contribution in [0.4, 0.5) is 0 Å². The standard InChI is InChI=1S/C15H29NO2/c1-5-9-10-14(7-3)12-16(11-6-2)13-15(17)18-8-4/h6,14H,2,5,7-13H2,1,3-4H3. The van der Waals surface area contributed by atoms with E-state index in [0.29, 0.717) is 19.1 Å². The van der Waals surface area contributed by atoms with Gasteiger partial charge in [-0.1, -0.05) is 39.2 Å². The van der Waals surface area contributed by atoms with Crippen LogP contribution >= 0.6 is 0 Å². The fraction of sp³-hybridized carbons (Fsp3) is 0.800. The predicted molar refractivity (Wildman–Crippen MR) is 76.6 cm³/mol. The molecule has 3 heteroatoms. The molecule has 0 amide bonds. The third-order valence-corrected chi connectivity index (χ3v) is 3.11. The number of rotatable bonds is 11. The highest BCUT2D eigenvalue weighted by atomic mass is 16.5. The Kier molecular flexibility index (Phi) is 10.8. The highest BCUT2D eigenvalue weighted by molar-refractivity contribution is 5.71. The van der Waals surface area contributed by atoms with Crippen molar-refractivity contribution in [2.24, 2.45) is 5.92 Å². The lowest BCUT2D eigenvalue weighted by Gasteiger charge is -2.25. The van der Waals surface area contributed by atoms with E-state index in [9.17, 15) is 4.79 Å². The van der Waals surface area contributed by atoms with E-state index in [0.717, 1.165) is 19.5 Å². The molecule has 1 atom stereocenters. The molecule has 0 aromatic carbocycles. The van der Waals surface area contributed by atoms with Crippen LogP contribution in [-0.4, -0.2) is 37.1 Å². The smallest absolute Gasteiger partial charge is 0.320 e. The van der Waals surface area contributed by atoms with Crippen LogP contribution in [0, 0.1) is 5.92 Å². The second-order valence-corrected chi connectivity index (χ2v) is 4.70. The maximum Gasteiger partial charge on any atom is 0.320 e. The minimum Gasteiger partial charge on any atom is -0.465 e. The van der Waals surface area contributed by atoms with E-state index >= 15 is 0 Å². The molecule has 0 aliphatic rings. The highest BCUT2D eigenvalue weighted by Gasteiger charge is 2.15. The van der Waals surface area contributed by atoms with Crippen LogP contribution in [0.3, 0.4) is 0 Å². The molecule has 106 valence electrons. The minimum atomic E-state index is -0.135. The van der Waals surface area contributed by atoms with Crippen molar-refractivity contribution in [3.8, 4) is 0 Å². The van der Waals surface area contributed by atoms with Gasteiger partial charge in [0.25, 0.3) is 0 Å². The third-order valence-electron chi connectivity index (χ3n) is 3.11. The molecule has 0 rings (SSSR count). The van der Waals surface area contributed by atoms with Gasteiger partial charge in [0.15, 0.2) is 0 Å². The molecule has 1 unspecified atom stereocenters. The Morgan fingerprint density at radius 1 is 1.39 bits per heavy atom. The monoisotopic (exact) mass is 255 g/mol. The van der Waals surface area contributed by atoms with Crippen molar-refractivity contribution in [1.29, 1.82) is 0 Å². The van der Waals surface area contributed by atoms with E-state index in [1.54, 1.807) is 0 Å². The van der Waals surface area contributed by atoms with Crippen molar-refractivity contribution in [3.63, 3.8) is 0 Å². The van der Waals surface area contributed by atoms with Crippen molar-refractivity contribution < 1.29 is 9.53 Å². The van der Waals surface area contributed by atoms with Crippen molar-refractivity contribution in [2.75, 3.05) is 26.2 Å². The Morgan fingerprint density at radius 2 is 2.11 bits per heavy atom. The highest BCUT2D eigenvalue weighted by Crippen LogP contribution is 2.14. The Balaban J connectivity index is 4.21. The molecule has 0 saturated heterocycles. The average molecular weight is 255 g/mol. The van der Waals surface area contributed by atoms with E-state index in [1.165, 1.54) is 19.3 Å². The predicted octanol–water partition coefficient (Wildman–Crippen LogP) is 3.25. The molecule has 0 aliphatic carbocycles. The number of hydrogen-bond donors (Lipinski definition) is 0. The van der Waals surface area contributed by atoms with Gasteiger partial charge < -0.3 is 4.74 Å². The molecule has 3 nitrogen and oxygen atoms in total. The number of unbranched alkanes of at least 4 members (excludes halogenated alkanes) is 1. The van der Waals surface area contributed by atoms with Crippen LogP contribution in [0.1, 0.15) is 46.5 Å². The van der Waals surface area contributed by atoms with E-state index < -0.39 is 0 Å². The quantitative estimate of drug-likeness (QED) is 0.419. The molecular formula is C15H29NO2. The molecule has 0 aromatic heterocycles. The summed E-state index contributed by atoms with van der Waals surface area (Å²) in [4.78, 5) is 13.6. The molecule has 0 N–H and O–H groups in total. The molecule has 0 heterocycles. The minimum absolute atomic E-state index is 0.135. The fourth-order valence-corrected chi connectivity index (χ4v) is 2.06. The van der Waals surface area contributed by atoms with Gasteiger partial charge in [0.1, 0.15) is 0 Å². The first kappa shape index (κ1) is 17.2. The van der Waals surface area contributed by atoms with Crippen LogP contribution in [0.15, 0.2) is 12.7 Å². The zero-order valence-electron chi connectivity index (χ0n) is 12.3. The summed E-state index contributed by atoms with van der Waals surface area (Å²) in [5.41, 5.74) is 0. The zero-order valence-corrected chi connectivity index (χ0v) is 12.3. The Hall–Kier alpha value is -0.830. The van der Waals surface area contributed by atoms with Gasteiger partial charge in [0, 0.05) is 13.1 Å². The first-order valence-electron chi connectivity index (χ1n) is 7.16. The van der Waals surface area contributed by atoms with E-state index in [4.69, 9.17) is 4.74 Å². The summed E-state index contributed by atoms with van der Waals surface area (Å²) in [5, 5.41) is 0. The van der Waals surface area contributed by atoms with Crippen LogP contribution in [0.5, 0.6) is 0 Å². The largest absolute Gasteiger partial charge is 0.465 e. The summed E-state index contributed by atoms with van der Waals surface area (Å²) in [6.45, 7) is 12.6. The summed E-state index contributed by atoms with van der Waals surface area (Å²) >= 11 is 0. The van der Waals surface area contributed by atoms with Gasteiger partial charge >= 0.3 is 5.97 Å². The fourth-order valence-electron chi connectivity index (χ4n) is 2.06. The lowest BCUT2D eigenvalue weighted by atomic mass is 9.98. The summed E-state index contributed by atoms with van der Waals surface area (Å²) in [6.07, 6.45) is 6.75. The molecule has 0 aromatic rings. The Morgan fingerprint density at radius 3 is 2.61 bits per heavy atom. The number of esters is 1. The summed E-state index contributed by atoms with van der Waals surface area (Å²) in [5.74, 6) is 0.532. The van der Waals surface area contributed by atoms with Crippen LogP contribution in [-0.2, 0) is 9.53 Å². The van der Waals surface area contributed by atoms with E-state index in [-0.39, 0.29) is 5.97 Å². The first-order valence-corrected chi connectivity index (χ1v) is 7.16. The molecule has 0 aliphatic heterocycles. The Labute approximate surface area is 112 Å². The van der Waals surface area contributed by atoms with Gasteiger partial charge in [-0.3, -0.25) is 9.69 Å². The second-order valence-electron chi connectivity index (χ2n) is 4.70. The van der Waals surface area contributed by atoms with Crippen LogP contribution in [0.25, 0.3) is 0 Å². The van der Waals surface area contributed by atoms with Crippen molar-refractivity contribution in [1.82, 2.24) is 4.90 Å². The molecule has 0 spiro atoms. The lowest BCUT2D eigenvalue weighted by Crippen LogP contribution is -2.35. The number of carbonyl (C=O) groups excluding carboxylic acids is 1. The Bertz CT molecular complexity index is 229. The number of nitrogens with zero attached hydrogens (tertiary/aromatic N) is 1. The van der Waals surface area contributed by atoms with Crippen molar-refractivity contribution in [2.45, 2.75) is 46.5 Å². The summed E-state index contributed by atoms with van der Waals surface area (Å²) in [7, 11) is 0. The lowest BCUT2D eigenvalue weighted by molar-refractivity contribution is -0.144. The summed E-state index contributed by atoms with van der Waals surface area (Å²) < 4.78 is 5.00. The van der Waals surface area contributed by atoms with Crippen LogP contribution in [0.2, 0.25) is 0 Å². The van der Waals surface area contributed by atoms with Gasteiger partial charge in [-0.25, -0.2) is 0 Å². The van der Waals surface area contributed by atoms with Crippen LogP contribution < -0.4 is 0 Å². The van der Waals surface area contributed by atoms with Gasteiger partial charge in [-0.2, -0.15) is 0 Å². The van der Waals surface area contributed by atoms with E-state index in [2.05, 4.69) is 25.3 Å². The topological polar surface area (TPSA) is 29.5 Å². The van der Waals surface area contributed by atoms with Crippen molar-refractivity contribution >= 4 is 5.97 Å². The van der Waals surface area contributed by atoms with Gasteiger partial charge in [0.05, 0.1) is 13.2 Å². The molecule has 18 heavy (non-hydrogen) atoms. The van der Waals surface area contributed by atoms with Gasteiger partial charge in [0.2, 0.25) is 0 Å².